The average Bonchev–Trinajstić information content (AvgIpc) is 3.13. The molecule has 0 aromatic carbocycles. The molecule has 18 nitrogen and oxygen atoms in total. The number of anilines is 1. The van der Waals surface area contributed by atoms with E-state index in [1.165, 1.54) is 10.9 Å². The molecule has 174 valence electrons. The number of ether oxygens (including phenoxy) is 1. The number of aromatic nitrogens is 4. The largest absolute Gasteiger partial charge is 1.00 e. The predicted molar refractivity (Wildman–Crippen MR) is 93.3 cm³/mol. The molecule has 0 radical (unpaired) electrons. The second-order valence-corrected chi connectivity index (χ2v) is 10.4. The van der Waals surface area contributed by atoms with E-state index in [9.17, 15) is 33.7 Å². The Morgan fingerprint density at radius 3 is 2.59 bits per heavy atom. The number of aliphatic hydroxyl groups excluding tert-OH is 2. The van der Waals surface area contributed by atoms with Crippen LogP contribution in [-0.4, -0.2) is 69.3 Å². The van der Waals surface area contributed by atoms with Gasteiger partial charge in [0.25, 0.3) is 7.82 Å². The molecular formula is C10H15N5NaO13P3. The number of phosphoric acid groups is 3. The van der Waals surface area contributed by atoms with E-state index in [2.05, 4.69) is 28.1 Å². The fraction of sp³-hybridized carbons (Fsp3) is 0.500. The number of phosphoric ester groups is 1. The van der Waals surface area contributed by atoms with E-state index in [-0.39, 0.29) is 46.5 Å². The van der Waals surface area contributed by atoms with Crippen LogP contribution < -0.4 is 40.2 Å². The molecule has 32 heavy (non-hydrogen) atoms. The van der Waals surface area contributed by atoms with Crippen molar-refractivity contribution >= 4 is 40.4 Å². The quantitative estimate of drug-likeness (QED) is 0.104. The zero-order valence-electron chi connectivity index (χ0n) is 15.9. The zero-order chi connectivity index (χ0) is 23.2. The second kappa shape index (κ2) is 10.1. The Morgan fingerprint density at radius 2 is 1.97 bits per heavy atom. The number of rotatable bonds is 8. The van der Waals surface area contributed by atoms with Crippen LogP contribution in [0, 0.1) is 0 Å². The summed E-state index contributed by atoms with van der Waals surface area (Å²) < 4.78 is 51.5. The molecule has 0 saturated carbocycles. The summed E-state index contributed by atoms with van der Waals surface area (Å²) in [6.07, 6.45) is -3.74. The number of nitrogen functional groups attached to an aromatic ring is 1. The topological polar surface area (TPSA) is 282 Å². The van der Waals surface area contributed by atoms with Crippen LogP contribution in [-0.2, 0) is 31.6 Å². The van der Waals surface area contributed by atoms with Crippen LogP contribution in [0.15, 0.2) is 12.7 Å². The Hall–Kier alpha value is -0.360. The van der Waals surface area contributed by atoms with Crippen LogP contribution in [0.1, 0.15) is 6.23 Å². The molecule has 0 spiro atoms. The summed E-state index contributed by atoms with van der Waals surface area (Å²) in [6, 6.07) is 0. The number of aliphatic hydroxyl groups is 2. The summed E-state index contributed by atoms with van der Waals surface area (Å²) in [6.45, 7) is -0.972. The first-order valence-corrected chi connectivity index (χ1v) is 12.4. The number of imidazole rings is 1. The molecule has 0 amide bonds. The molecule has 7 atom stereocenters. The number of nitrogens with zero attached hydrogens (tertiary/aromatic N) is 4. The van der Waals surface area contributed by atoms with E-state index in [0.717, 1.165) is 6.33 Å². The molecule has 7 N–H and O–H groups in total. The number of fused-ring (bicyclic) bond motifs is 1. The Balaban J connectivity index is 0.00000363. The van der Waals surface area contributed by atoms with Crippen LogP contribution in [0.4, 0.5) is 5.82 Å². The predicted octanol–water partition coefficient (Wildman–Crippen LogP) is -5.26. The van der Waals surface area contributed by atoms with Crippen LogP contribution in [0.3, 0.4) is 0 Å². The van der Waals surface area contributed by atoms with Gasteiger partial charge in [0.2, 0.25) is 0 Å². The molecular weight excluding hydrogens is 522 g/mol. The summed E-state index contributed by atoms with van der Waals surface area (Å²) in [4.78, 5) is 49.0. The van der Waals surface area contributed by atoms with Crippen molar-refractivity contribution in [2.24, 2.45) is 0 Å². The van der Waals surface area contributed by atoms with Crippen LogP contribution >= 0.6 is 23.5 Å². The average molecular weight is 537 g/mol. The van der Waals surface area contributed by atoms with Gasteiger partial charge in [-0.05, 0) is 0 Å². The monoisotopic (exact) mass is 537 g/mol. The van der Waals surface area contributed by atoms with E-state index >= 15 is 0 Å². The minimum atomic E-state index is -5.79. The summed E-state index contributed by atoms with van der Waals surface area (Å²) in [5.41, 5.74) is 5.99. The SMILES string of the molecule is Nc1ncnc2c1ncn2[C@@H]1O[C@H](COP(=O)(O)OP(=O)(O)[18O]P(=[18O])([18O-])[18OH])[C@@H](O)[C@H]1O.[Na+]. The Labute approximate surface area is 200 Å². The van der Waals surface area contributed by atoms with Gasteiger partial charge in [-0.15, -0.1) is 0 Å². The Kier molecular flexibility index (Phi) is 8.80. The van der Waals surface area contributed by atoms with Crippen molar-refractivity contribution in [1.82, 2.24) is 19.5 Å². The van der Waals surface area contributed by atoms with Crippen LogP contribution in [0.25, 0.3) is 11.2 Å². The fourth-order valence-corrected chi connectivity index (χ4v) is 5.62. The summed E-state index contributed by atoms with van der Waals surface area (Å²) in [7, 11) is -17.0. The van der Waals surface area contributed by atoms with Gasteiger partial charge in [0.15, 0.2) is 17.7 Å². The minimum Gasteiger partial charge on any atom is -0.756 e. The first-order chi connectivity index (χ1) is 14.2. The normalized spacial score (nSPS) is 29.1. The van der Waals surface area contributed by atoms with Crippen molar-refractivity contribution in [3.8, 4) is 0 Å². The Morgan fingerprint density at radius 1 is 1.31 bits per heavy atom. The molecule has 1 aliphatic rings. The van der Waals surface area contributed by atoms with E-state index in [1.54, 1.807) is 0 Å². The van der Waals surface area contributed by atoms with Gasteiger partial charge in [-0.1, -0.05) is 0 Å². The molecule has 2 aromatic rings. The molecule has 3 heterocycles. The van der Waals surface area contributed by atoms with Crippen molar-refractivity contribution in [2.75, 3.05) is 12.3 Å². The van der Waals surface area contributed by atoms with Crippen molar-refractivity contribution < 1.29 is 90.9 Å². The smallest absolute Gasteiger partial charge is 0.756 e. The van der Waals surface area contributed by atoms with Gasteiger partial charge in [0.05, 0.1) is 12.9 Å². The molecule has 0 bridgehead atoms. The van der Waals surface area contributed by atoms with Gasteiger partial charge in [-0.25, -0.2) is 28.4 Å². The number of nitrogens with two attached hydrogens (primary N) is 1. The first-order valence-electron chi connectivity index (χ1n) is 7.90. The molecule has 3 unspecified atom stereocenters. The van der Waals surface area contributed by atoms with E-state index in [0.29, 0.717) is 0 Å². The van der Waals surface area contributed by atoms with Gasteiger partial charge in [-0.3, -0.25) is 13.7 Å². The summed E-state index contributed by atoms with van der Waals surface area (Å²) >= 11 is 0. The molecule has 22 heteroatoms. The van der Waals surface area contributed by atoms with Gasteiger partial charge >= 0.3 is 45.2 Å². The molecule has 1 fully saturated rings. The van der Waals surface area contributed by atoms with Gasteiger partial charge in [0, 0.05) is 0 Å². The van der Waals surface area contributed by atoms with Crippen molar-refractivity contribution in [3.05, 3.63) is 12.7 Å². The van der Waals surface area contributed by atoms with Gasteiger partial charge in [-0.2, -0.15) is 4.31 Å². The van der Waals surface area contributed by atoms with Crippen LogP contribution in [0.5, 0.6) is 0 Å². The molecule has 1 saturated heterocycles. The summed E-state index contributed by atoms with van der Waals surface area (Å²) in [5.74, 6) is 0.0381. The number of hydrogen-bond donors (Lipinski definition) is 6. The Bertz CT molecular complexity index is 1110. The third-order valence-corrected chi connectivity index (χ3v) is 7.59. The number of hydrogen-bond acceptors (Lipinski definition) is 14. The molecule has 1 aliphatic heterocycles. The van der Waals surface area contributed by atoms with Crippen molar-refractivity contribution in [2.45, 2.75) is 24.5 Å². The van der Waals surface area contributed by atoms with Crippen molar-refractivity contribution in [3.63, 3.8) is 0 Å². The third-order valence-electron chi connectivity index (χ3n) is 3.81. The maximum absolute atomic E-state index is 11.8. The van der Waals surface area contributed by atoms with Crippen molar-refractivity contribution in [1.29, 1.82) is 0 Å². The fourth-order valence-electron chi connectivity index (χ4n) is 2.62. The maximum Gasteiger partial charge on any atom is 1.00 e. The maximum atomic E-state index is 11.8. The van der Waals surface area contributed by atoms with E-state index in [4.69, 9.17) is 20.3 Å². The third kappa shape index (κ3) is 6.61. The second-order valence-electron chi connectivity index (χ2n) is 5.99. The molecule has 0 aliphatic carbocycles. The van der Waals surface area contributed by atoms with Gasteiger partial charge in [0.1, 0.15) is 30.2 Å². The first kappa shape index (κ1) is 27.9. The van der Waals surface area contributed by atoms with E-state index < -0.39 is 54.6 Å². The standard InChI is InChI=1S/C10H16N5O13P3.Na/c11-8-5-9(13-2-12-8)15(3-14-5)10-7(17)6(16)4(26-10)1-25-30(21,22)28-31(23,24)27-29(18,19)20;/h2-4,6-7,10,16-17H,1H2,(H,21,22)(H,23,24)(H2,11,12,13)(H2,18,19,20);/q;+1/p-1/t4-,6-,7-,10-;/m1./s1/i18+2,19+2,20+2,27+2;. The summed E-state index contributed by atoms with van der Waals surface area (Å²) in [5, 5.41) is 20.4. The minimum absolute atomic E-state index is 0. The van der Waals surface area contributed by atoms with Gasteiger partial charge < -0.3 is 40.3 Å². The van der Waals surface area contributed by atoms with Crippen LogP contribution in [0.2, 0.25) is 0 Å². The molecule has 3 rings (SSSR count). The van der Waals surface area contributed by atoms with E-state index in [1.807, 2.05) is 0 Å². The molecule has 2 aromatic heterocycles. The zero-order valence-corrected chi connectivity index (χ0v) is 20.6.